The van der Waals surface area contributed by atoms with Crippen molar-refractivity contribution < 1.29 is 9.47 Å². The second kappa shape index (κ2) is 7.74. The molecule has 136 valence electrons. The second-order valence-corrected chi connectivity index (χ2v) is 5.93. The average molecular weight is 361 g/mol. The summed E-state index contributed by atoms with van der Waals surface area (Å²) < 4.78 is 11.5. The molecule has 3 N–H and O–H groups in total. The second-order valence-electron chi connectivity index (χ2n) is 5.93. The van der Waals surface area contributed by atoms with Gasteiger partial charge in [0.25, 0.3) is 0 Å². The molecule has 0 aliphatic heterocycles. The summed E-state index contributed by atoms with van der Waals surface area (Å²) in [6.45, 7) is 1.17. The predicted octanol–water partition coefficient (Wildman–Crippen LogP) is 3.45. The Morgan fingerprint density at radius 3 is 2.48 bits per heavy atom. The van der Waals surface area contributed by atoms with Crippen LogP contribution < -0.4 is 15.2 Å². The lowest BCUT2D eigenvalue weighted by atomic mass is 10.2. The van der Waals surface area contributed by atoms with Crippen LogP contribution in [0.3, 0.4) is 0 Å². The number of rotatable bonds is 7. The zero-order chi connectivity index (χ0) is 18.5. The third kappa shape index (κ3) is 3.98. The van der Waals surface area contributed by atoms with Gasteiger partial charge in [0.05, 0.1) is 13.2 Å². The van der Waals surface area contributed by atoms with Crippen molar-refractivity contribution in [1.29, 1.82) is 0 Å². The number of hydrogen-bond acceptors (Lipinski definition) is 6. The summed E-state index contributed by atoms with van der Waals surface area (Å²) in [6.07, 6.45) is 2.19. The van der Waals surface area contributed by atoms with Crippen molar-refractivity contribution in [2.75, 3.05) is 18.9 Å². The Bertz CT molecular complexity index is 1030. The van der Waals surface area contributed by atoms with E-state index in [0.717, 1.165) is 23.5 Å². The largest absolute Gasteiger partial charge is 0.493 e. The maximum absolute atomic E-state index is 5.85. The van der Waals surface area contributed by atoms with Crippen LogP contribution >= 0.6 is 0 Å². The molecular formula is C20H19N5O2. The van der Waals surface area contributed by atoms with Crippen molar-refractivity contribution >= 4 is 17.0 Å². The SMILES string of the molecule is Nc1ncnc2nc(-c3cccc(OCCCOc4ccccc4)c3)[nH]c12. The van der Waals surface area contributed by atoms with Gasteiger partial charge < -0.3 is 20.2 Å². The Morgan fingerprint density at radius 2 is 1.67 bits per heavy atom. The summed E-state index contributed by atoms with van der Waals surface area (Å²) >= 11 is 0. The number of para-hydroxylation sites is 1. The van der Waals surface area contributed by atoms with Crippen LogP contribution in [0.15, 0.2) is 60.9 Å². The molecular weight excluding hydrogens is 342 g/mol. The van der Waals surface area contributed by atoms with E-state index in [1.54, 1.807) is 0 Å². The molecule has 4 rings (SSSR count). The number of aromatic amines is 1. The van der Waals surface area contributed by atoms with Crippen molar-refractivity contribution in [3.63, 3.8) is 0 Å². The van der Waals surface area contributed by atoms with E-state index in [4.69, 9.17) is 15.2 Å². The van der Waals surface area contributed by atoms with Gasteiger partial charge in [-0.3, -0.25) is 0 Å². The van der Waals surface area contributed by atoms with E-state index in [-0.39, 0.29) is 0 Å². The molecule has 0 aliphatic rings. The Morgan fingerprint density at radius 1 is 0.889 bits per heavy atom. The van der Waals surface area contributed by atoms with E-state index >= 15 is 0 Å². The first-order chi connectivity index (χ1) is 13.3. The fourth-order valence-corrected chi connectivity index (χ4v) is 2.67. The summed E-state index contributed by atoms with van der Waals surface area (Å²) in [6, 6.07) is 17.5. The topological polar surface area (TPSA) is 98.9 Å². The Hall–Kier alpha value is -3.61. The quantitative estimate of drug-likeness (QED) is 0.489. The van der Waals surface area contributed by atoms with Crippen LogP contribution in [0.5, 0.6) is 11.5 Å². The molecule has 2 heterocycles. The minimum Gasteiger partial charge on any atom is -0.493 e. The number of fused-ring (bicyclic) bond motifs is 1. The molecule has 2 aromatic carbocycles. The fraction of sp³-hybridized carbons (Fsp3) is 0.150. The van der Waals surface area contributed by atoms with Gasteiger partial charge in [0, 0.05) is 12.0 Å². The Balaban J connectivity index is 1.36. The van der Waals surface area contributed by atoms with Crippen molar-refractivity contribution in [2.24, 2.45) is 0 Å². The first-order valence-electron chi connectivity index (χ1n) is 8.67. The van der Waals surface area contributed by atoms with Crippen LogP contribution in [0.1, 0.15) is 6.42 Å². The molecule has 0 radical (unpaired) electrons. The van der Waals surface area contributed by atoms with Gasteiger partial charge in [-0.05, 0) is 24.3 Å². The minimum atomic E-state index is 0.379. The molecule has 0 spiro atoms. The molecule has 0 saturated heterocycles. The van der Waals surface area contributed by atoms with Gasteiger partial charge in [-0.2, -0.15) is 0 Å². The smallest absolute Gasteiger partial charge is 0.183 e. The number of nitrogens with one attached hydrogen (secondary N) is 1. The maximum atomic E-state index is 5.85. The van der Waals surface area contributed by atoms with Crippen LogP contribution in [0.4, 0.5) is 5.82 Å². The number of nitrogen functional groups attached to an aromatic ring is 1. The fourth-order valence-electron chi connectivity index (χ4n) is 2.67. The molecule has 0 bridgehead atoms. The molecule has 7 heteroatoms. The van der Waals surface area contributed by atoms with E-state index in [9.17, 15) is 0 Å². The third-order valence-corrected chi connectivity index (χ3v) is 3.99. The first kappa shape index (κ1) is 16.8. The van der Waals surface area contributed by atoms with E-state index in [2.05, 4.69) is 19.9 Å². The van der Waals surface area contributed by atoms with Crippen molar-refractivity contribution in [3.05, 3.63) is 60.9 Å². The van der Waals surface area contributed by atoms with Crippen molar-refractivity contribution in [1.82, 2.24) is 19.9 Å². The molecule has 0 unspecified atom stereocenters. The highest BCUT2D eigenvalue weighted by molar-refractivity contribution is 5.84. The molecule has 0 saturated carbocycles. The van der Waals surface area contributed by atoms with Gasteiger partial charge in [-0.25, -0.2) is 15.0 Å². The van der Waals surface area contributed by atoms with E-state index < -0.39 is 0 Å². The maximum Gasteiger partial charge on any atom is 0.183 e. The molecule has 7 nitrogen and oxygen atoms in total. The lowest BCUT2D eigenvalue weighted by Crippen LogP contribution is -2.05. The van der Waals surface area contributed by atoms with Gasteiger partial charge >= 0.3 is 0 Å². The van der Waals surface area contributed by atoms with E-state index in [1.807, 2.05) is 54.6 Å². The molecule has 0 fully saturated rings. The highest BCUT2D eigenvalue weighted by atomic mass is 16.5. The summed E-state index contributed by atoms with van der Waals surface area (Å²) in [4.78, 5) is 15.7. The van der Waals surface area contributed by atoms with Gasteiger partial charge in [0.1, 0.15) is 29.2 Å². The summed E-state index contributed by atoms with van der Waals surface area (Å²) in [5.74, 6) is 2.69. The zero-order valence-electron chi connectivity index (χ0n) is 14.6. The van der Waals surface area contributed by atoms with Gasteiger partial charge in [-0.15, -0.1) is 0 Å². The number of benzene rings is 2. The molecule has 2 aromatic heterocycles. The molecule has 4 aromatic rings. The Labute approximate surface area is 156 Å². The highest BCUT2D eigenvalue weighted by Gasteiger charge is 2.09. The standard InChI is InChI=1S/C20H19N5O2/c21-18-17-20(23-13-22-18)25-19(24-17)14-6-4-9-16(12-14)27-11-5-10-26-15-7-2-1-3-8-15/h1-4,6-9,12-13H,5,10-11H2,(H3,21,22,23,24,25). The number of nitrogens with zero attached hydrogens (tertiary/aromatic N) is 3. The van der Waals surface area contributed by atoms with E-state index in [1.165, 1.54) is 6.33 Å². The third-order valence-electron chi connectivity index (χ3n) is 3.99. The van der Waals surface area contributed by atoms with Crippen molar-refractivity contribution in [2.45, 2.75) is 6.42 Å². The highest BCUT2D eigenvalue weighted by Crippen LogP contribution is 2.24. The van der Waals surface area contributed by atoms with Crippen LogP contribution in [0.25, 0.3) is 22.6 Å². The number of aromatic nitrogens is 4. The zero-order valence-corrected chi connectivity index (χ0v) is 14.6. The van der Waals surface area contributed by atoms with Crippen LogP contribution in [0, 0.1) is 0 Å². The lowest BCUT2D eigenvalue weighted by Gasteiger charge is -2.08. The van der Waals surface area contributed by atoms with Crippen LogP contribution in [0.2, 0.25) is 0 Å². The minimum absolute atomic E-state index is 0.379. The van der Waals surface area contributed by atoms with Crippen LogP contribution in [-0.4, -0.2) is 33.1 Å². The number of hydrogen-bond donors (Lipinski definition) is 2. The van der Waals surface area contributed by atoms with Gasteiger partial charge in [-0.1, -0.05) is 30.3 Å². The van der Waals surface area contributed by atoms with Gasteiger partial charge in [0.2, 0.25) is 0 Å². The normalized spacial score (nSPS) is 10.8. The number of nitrogens with two attached hydrogens (primary N) is 1. The summed E-state index contributed by atoms with van der Waals surface area (Å²) in [5, 5.41) is 0. The average Bonchev–Trinajstić information content (AvgIpc) is 3.15. The molecule has 0 amide bonds. The number of anilines is 1. The lowest BCUT2D eigenvalue weighted by molar-refractivity contribution is 0.247. The molecule has 0 aliphatic carbocycles. The van der Waals surface area contributed by atoms with Crippen LogP contribution in [-0.2, 0) is 0 Å². The number of H-pyrrole nitrogens is 1. The van der Waals surface area contributed by atoms with Crippen molar-refractivity contribution in [3.8, 4) is 22.9 Å². The summed E-state index contributed by atoms with van der Waals surface area (Å²) in [5.41, 5.74) is 7.93. The number of ether oxygens (including phenoxy) is 2. The first-order valence-corrected chi connectivity index (χ1v) is 8.67. The monoisotopic (exact) mass is 361 g/mol. The predicted molar refractivity (Wildman–Crippen MR) is 104 cm³/mol. The number of imidazole rings is 1. The summed E-state index contributed by atoms with van der Waals surface area (Å²) in [7, 11) is 0. The van der Waals surface area contributed by atoms with Gasteiger partial charge in [0.15, 0.2) is 11.5 Å². The molecule has 27 heavy (non-hydrogen) atoms. The van der Waals surface area contributed by atoms with E-state index in [0.29, 0.717) is 36.0 Å². The Kier molecular flexibility index (Phi) is 4.82. The molecule has 0 atom stereocenters.